The molecule has 1 aromatic heterocycles. The van der Waals surface area contributed by atoms with Crippen molar-refractivity contribution in [3.8, 4) is 0 Å². The van der Waals surface area contributed by atoms with Gasteiger partial charge in [0.2, 0.25) is 5.95 Å². The molecule has 2 heterocycles. The van der Waals surface area contributed by atoms with E-state index >= 15 is 0 Å². The van der Waals surface area contributed by atoms with Crippen molar-refractivity contribution in [3.63, 3.8) is 0 Å². The van der Waals surface area contributed by atoms with Crippen LogP contribution >= 0.6 is 11.6 Å². The molecule has 0 radical (unpaired) electrons. The highest BCUT2D eigenvalue weighted by Crippen LogP contribution is 2.24. The second-order valence-corrected chi connectivity index (χ2v) is 7.18. The molecule has 1 aliphatic heterocycles. The van der Waals surface area contributed by atoms with Crippen molar-refractivity contribution in [3.05, 3.63) is 40.5 Å². The zero-order valence-corrected chi connectivity index (χ0v) is 15.8. The van der Waals surface area contributed by atoms with Gasteiger partial charge < -0.3 is 15.9 Å². The number of anilines is 3. The fourth-order valence-corrected chi connectivity index (χ4v) is 2.75. The number of hydrogen-bond donors (Lipinski definition) is 3. The van der Waals surface area contributed by atoms with Gasteiger partial charge in [0.05, 0.1) is 17.8 Å². The number of rotatable bonds is 4. The second-order valence-electron chi connectivity index (χ2n) is 6.77. The molecule has 142 valence electrons. The Morgan fingerprint density at radius 2 is 2.19 bits per heavy atom. The van der Waals surface area contributed by atoms with Crippen LogP contribution in [0.4, 0.5) is 22.2 Å². The van der Waals surface area contributed by atoms with Crippen LogP contribution in [0.5, 0.6) is 0 Å². The lowest BCUT2D eigenvalue weighted by Gasteiger charge is -2.17. The van der Waals surface area contributed by atoms with Gasteiger partial charge in [-0.1, -0.05) is 17.7 Å². The van der Waals surface area contributed by atoms with E-state index in [4.69, 9.17) is 22.2 Å². The van der Waals surface area contributed by atoms with Crippen LogP contribution in [0.3, 0.4) is 0 Å². The number of hydrogen-bond acceptors (Lipinski definition) is 7. The number of nitrogens with one attached hydrogen (secondary N) is 2. The molecule has 3 rings (SSSR count). The third-order valence-corrected chi connectivity index (χ3v) is 4.44. The topological polar surface area (TPSA) is 122 Å². The van der Waals surface area contributed by atoms with Crippen LogP contribution in [0.2, 0.25) is 5.02 Å². The van der Waals surface area contributed by atoms with Crippen molar-refractivity contribution in [2.24, 2.45) is 0 Å². The Bertz CT molecular complexity index is 918. The van der Waals surface area contributed by atoms with Crippen molar-refractivity contribution in [1.82, 2.24) is 15.3 Å². The monoisotopic (exact) mass is 390 g/mol. The number of carbonyl (C=O) groups excluding carboxylic acids is 2. The molecule has 4 N–H and O–H groups in total. The van der Waals surface area contributed by atoms with Crippen LogP contribution in [-0.4, -0.2) is 34.1 Å². The van der Waals surface area contributed by atoms with Crippen LogP contribution in [0, 0.1) is 6.92 Å². The largest absolute Gasteiger partial charge is 0.383 e. The number of carbonyl (C=O) groups is 2. The Morgan fingerprint density at radius 3 is 2.81 bits per heavy atom. The molecule has 9 nitrogen and oxygen atoms in total. The quantitative estimate of drug-likeness (QED) is 0.685. The summed E-state index contributed by atoms with van der Waals surface area (Å²) < 4.78 is 0. The van der Waals surface area contributed by atoms with Gasteiger partial charge in [0.15, 0.2) is 0 Å². The van der Waals surface area contributed by atoms with Crippen LogP contribution in [0.15, 0.2) is 24.4 Å². The van der Waals surface area contributed by atoms with E-state index in [0.29, 0.717) is 17.3 Å². The number of halogens is 1. The van der Waals surface area contributed by atoms with E-state index in [0.717, 1.165) is 5.56 Å². The van der Waals surface area contributed by atoms with Crippen molar-refractivity contribution < 1.29 is 14.4 Å². The fraction of sp³-hybridized carbons (Fsp3) is 0.294. The summed E-state index contributed by atoms with van der Waals surface area (Å²) in [4.78, 5) is 38.8. The van der Waals surface area contributed by atoms with Crippen molar-refractivity contribution in [1.29, 1.82) is 0 Å². The molecule has 2 amide bonds. The SMILES string of the molecule is Cc1c(Cl)cccc1NOC(=O)c1cnc(N2CC(C)(C)NC2=O)nc1N. The van der Waals surface area contributed by atoms with Gasteiger partial charge in [-0.25, -0.2) is 20.1 Å². The minimum atomic E-state index is -0.760. The lowest BCUT2D eigenvalue weighted by Crippen LogP contribution is -2.36. The summed E-state index contributed by atoms with van der Waals surface area (Å²) in [5.41, 5.74) is 9.25. The highest BCUT2D eigenvalue weighted by Gasteiger charge is 2.37. The molecule has 0 aliphatic carbocycles. The highest BCUT2D eigenvalue weighted by molar-refractivity contribution is 6.31. The van der Waals surface area contributed by atoms with Crippen LogP contribution in [-0.2, 0) is 4.84 Å². The van der Waals surface area contributed by atoms with E-state index in [2.05, 4.69) is 20.8 Å². The maximum atomic E-state index is 12.3. The Hall–Kier alpha value is -3.07. The lowest BCUT2D eigenvalue weighted by molar-refractivity contribution is 0.0596. The molecule has 0 bridgehead atoms. The van der Waals surface area contributed by atoms with Gasteiger partial charge in [-0.3, -0.25) is 4.90 Å². The first-order valence-corrected chi connectivity index (χ1v) is 8.50. The maximum absolute atomic E-state index is 12.3. The first kappa shape index (κ1) is 18.7. The smallest absolute Gasteiger partial charge is 0.368 e. The molecule has 1 saturated heterocycles. The van der Waals surface area contributed by atoms with Crippen molar-refractivity contribution >= 4 is 41.1 Å². The summed E-state index contributed by atoms with van der Waals surface area (Å²) >= 11 is 6.03. The summed E-state index contributed by atoms with van der Waals surface area (Å²) in [6.45, 7) is 5.92. The Balaban J connectivity index is 1.73. The zero-order chi connectivity index (χ0) is 19.8. The molecule has 1 fully saturated rings. The number of benzene rings is 1. The Kier molecular flexibility index (Phi) is 4.79. The number of nitrogens with zero attached hydrogens (tertiary/aromatic N) is 3. The maximum Gasteiger partial charge on any atom is 0.368 e. The summed E-state index contributed by atoms with van der Waals surface area (Å²) in [6.07, 6.45) is 1.23. The summed E-state index contributed by atoms with van der Waals surface area (Å²) in [5, 5.41) is 3.34. The van der Waals surface area contributed by atoms with E-state index in [1.165, 1.54) is 11.1 Å². The average Bonchev–Trinajstić information content (AvgIpc) is 2.88. The van der Waals surface area contributed by atoms with Crippen LogP contribution in [0.1, 0.15) is 29.8 Å². The van der Waals surface area contributed by atoms with E-state index in [9.17, 15) is 9.59 Å². The highest BCUT2D eigenvalue weighted by atomic mass is 35.5. The fourth-order valence-electron chi connectivity index (χ4n) is 2.57. The average molecular weight is 391 g/mol. The van der Waals surface area contributed by atoms with Gasteiger partial charge in [-0.05, 0) is 38.5 Å². The number of aromatic nitrogens is 2. The van der Waals surface area contributed by atoms with Crippen LogP contribution in [0.25, 0.3) is 0 Å². The van der Waals surface area contributed by atoms with Gasteiger partial charge >= 0.3 is 12.0 Å². The molecule has 10 heteroatoms. The van der Waals surface area contributed by atoms with E-state index in [1.54, 1.807) is 25.1 Å². The molecule has 0 atom stereocenters. The molecule has 0 spiro atoms. The summed E-state index contributed by atoms with van der Waals surface area (Å²) in [6, 6.07) is 4.84. The second kappa shape index (κ2) is 6.92. The standard InChI is InChI=1S/C17H19ClN6O3/c1-9-11(18)5-4-6-12(9)23-27-14(25)10-7-20-15(21-13(10)19)24-8-17(2,3)22-16(24)26/h4-7,23H,8H2,1-3H3,(H,22,26)(H2,19,20,21). The molecule has 0 unspecified atom stereocenters. The molecule has 1 aliphatic rings. The van der Waals surface area contributed by atoms with Crippen LogP contribution < -0.4 is 21.4 Å². The van der Waals surface area contributed by atoms with Crippen molar-refractivity contribution in [2.75, 3.05) is 22.7 Å². The van der Waals surface area contributed by atoms with Gasteiger partial charge in [-0.2, -0.15) is 4.98 Å². The predicted molar refractivity (Wildman–Crippen MR) is 102 cm³/mol. The Morgan fingerprint density at radius 1 is 1.44 bits per heavy atom. The molecular formula is C17H19ClN6O3. The minimum Gasteiger partial charge on any atom is -0.383 e. The number of amides is 2. The van der Waals surface area contributed by atoms with Gasteiger partial charge in [0.25, 0.3) is 0 Å². The first-order valence-electron chi connectivity index (χ1n) is 8.12. The molecule has 2 aromatic rings. The minimum absolute atomic E-state index is 0.0233. The first-order chi connectivity index (χ1) is 12.7. The number of nitrogens with two attached hydrogens (primary N) is 1. The van der Waals surface area contributed by atoms with Gasteiger partial charge in [0, 0.05) is 11.2 Å². The van der Waals surface area contributed by atoms with E-state index < -0.39 is 11.5 Å². The van der Waals surface area contributed by atoms with E-state index in [-0.39, 0.29) is 23.4 Å². The third-order valence-electron chi connectivity index (χ3n) is 4.03. The van der Waals surface area contributed by atoms with Gasteiger partial charge in [0.1, 0.15) is 11.4 Å². The van der Waals surface area contributed by atoms with Crippen molar-refractivity contribution in [2.45, 2.75) is 26.3 Å². The zero-order valence-electron chi connectivity index (χ0n) is 15.0. The molecule has 0 saturated carbocycles. The molecular weight excluding hydrogens is 372 g/mol. The third kappa shape index (κ3) is 3.87. The van der Waals surface area contributed by atoms with E-state index in [1.807, 2.05) is 13.8 Å². The summed E-state index contributed by atoms with van der Waals surface area (Å²) in [5.74, 6) is -0.734. The predicted octanol–water partition coefficient (Wildman–Crippen LogP) is 2.51. The normalized spacial score (nSPS) is 15.4. The lowest BCUT2D eigenvalue weighted by atomic mass is 10.1. The number of nitrogen functional groups attached to an aromatic ring is 1. The molecule has 1 aromatic carbocycles. The number of urea groups is 1. The van der Waals surface area contributed by atoms with Gasteiger partial charge in [-0.15, -0.1) is 0 Å². The molecule has 27 heavy (non-hydrogen) atoms. The summed E-state index contributed by atoms with van der Waals surface area (Å²) in [7, 11) is 0. The Labute approximate surface area is 160 Å².